The van der Waals surface area contributed by atoms with Crippen LogP contribution in [0.1, 0.15) is 0 Å². The van der Waals surface area contributed by atoms with E-state index in [2.05, 4.69) is 15.9 Å². The lowest BCUT2D eigenvalue weighted by atomic mass is 10.00. The van der Waals surface area contributed by atoms with Crippen molar-refractivity contribution >= 4 is 38.5 Å². The van der Waals surface area contributed by atoms with Crippen LogP contribution in [0.25, 0.3) is 0 Å². The highest BCUT2D eigenvalue weighted by atomic mass is 127. The Kier molecular flexibility index (Phi) is 5.44. The molecule has 1 aromatic carbocycles. The molecule has 0 saturated carbocycles. The molecule has 2 rings (SSSR count). The van der Waals surface area contributed by atoms with Gasteiger partial charge in [0.1, 0.15) is 24.1 Å². The lowest BCUT2D eigenvalue weighted by molar-refractivity contribution is -0.266. The van der Waals surface area contributed by atoms with Gasteiger partial charge in [-0.3, -0.25) is 0 Å². The molecule has 0 aliphatic carbocycles. The van der Waals surface area contributed by atoms with Crippen LogP contribution in [0, 0.1) is 0 Å². The second kappa shape index (κ2) is 6.68. The predicted molar refractivity (Wildman–Crippen MR) is 80.3 cm³/mol. The van der Waals surface area contributed by atoms with Gasteiger partial charge in [0.15, 0.2) is 0 Å². The van der Waals surface area contributed by atoms with Crippen LogP contribution in [0.4, 0.5) is 0 Å². The first-order valence-corrected chi connectivity index (χ1v) is 8.02. The molecule has 1 aliphatic rings. The summed E-state index contributed by atoms with van der Waals surface area (Å²) in [6, 6.07) is 7.03. The zero-order valence-corrected chi connectivity index (χ0v) is 13.6. The van der Waals surface area contributed by atoms with Crippen LogP contribution in [0.15, 0.2) is 28.7 Å². The number of ether oxygens (including phenoxy) is 2. The van der Waals surface area contributed by atoms with E-state index < -0.39 is 30.7 Å². The van der Waals surface area contributed by atoms with Gasteiger partial charge in [-0.05, 0) is 24.3 Å². The molecule has 5 atom stereocenters. The van der Waals surface area contributed by atoms with Crippen molar-refractivity contribution in [2.45, 2.75) is 30.7 Å². The van der Waals surface area contributed by atoms with Crippen LogP contribution >= 0.6 is 38.5 Å². The van der Waals surface area contributed by atoms with Gasteiger partial charge in [-0.15, -0.1) is 0 Å². The largest absolute Gasteiger partial charge is 0.462 e. The quantitative estimate of drug-likeness (QED) is 0.480. The Hall–Kier alpha value is 0.0700. The number of hydrogen-bond donors (Lipinski definition) is 3. The number of halogens is 2. The van der Waals surface area contributed by atoms with Gasteiger partial charge in [0.2, 0.25) is 6.29 Å². The van der Waals surface area contributed by atoms with E-state index in [-0.39, 0.29) is 0 Å². The Balaban J connectivity index is 2.08. The van der Waals surface area contributed by atoms with E-state index >= 15 is 0 Å². The first kappa shape index (κ1) is 15.5. The summed E-state index contributed by atoms with van der Waals surface area (Å²) in [4.78, 5) is 0. The molecule has 0 bridgehead atoms. The summed E-state index contributed by atoms with van der Waals surface area (Å²) in [5, 5.41) is 29.4. The van der Waals surface area contributed by atoms with E-state index in [0.717, 1.165) is 4.47 Å². The maximum Gasteiger partial charge on any atom is 0.229 e. The number of aliphatic hydroxyl groups is 3. The standard InChI is InChI=1S/C12H14BrIO5/c13-6-1-3-7(4-2-6)18-12-11(17)10(16)9(15)8(5-14)19-12/h1-4,8-12,15-17H,5H2/t8-,9+,10+,11+,12-/m0/s1. The second-order valence-corrected chi connectivity index (χ2v) is 6.04. The van der Waals surface area contributed by atoms with Crippen molar-refractivity contribution in [3.8, 4) is 5.75 Å². The first-order chi connectivity index (χ1) is 9.02. The molecule has 0 radical (unpaired) electrons. The average Bonchev–Trinajstić information content (AvgIpc) is 2.42. The van der Waals surface area contributed by atoms with Gasteiger partial charge >= 0.3 is 0 Å². The predicted octanol–water partition coefficient (Wildman–Crippen LogP) is 1.07. The molecule has 1 saturated heterocycles. The molecule has 3 N–H and O–H groups in total. The highest BCUT2D eigenvalue weighted by Crippen LogP contribution is 2.26. The molecule has 19 heavy (non-hydrogen) atoms. The summed E-state index contributed by atoms with van der Waals surface area (Å²) in [5.74, 6) is 0.517. The van der Waals surface area contributed by atoms with E-state index in [4.69, 9.17) is 9.47 Å². The van der Waals surface area contributed by atoms with Crippen molar-refractivity contribution in [2.75, 3.05) is 4.43 Å². The molecule has 1 fully saturated rings. The van der Waals surface area contributed by atoms with E-state index in [9.17, 15) is 15.3 Å². The molecular formula is C12H14BrIO5. The molecular weight excluding hydrogens is 431 g/mol. The number of alkyl halides is 1. The monoisotopic (exact) mass is 444 g/mol. The third-order valence-electron chi connectivity index (χ3n) is 2.89. The van der Waals surface area contributed by atoms with Gasteiger partial charge in [-0.25, -0.2) is 0 Å². The second-order valence-electron chi connectivity index (χ2n) is 4.24. The molecule has 0 unspecified atom stereocenters. The Bertz CT molecular complexity index is 413. The van der Waals surface area contributed by atoms with E-state index in [1.807, 2.05) is 22.6 Å². The van der Waals surface area contributed by atoms with Gasteiger partial charge < -0.3 is 24.8 Å². The van der Waals surface area contributed by atoms with Crippen LogP contribution in [-0.4, -0.2) is 50.5 Å². The highest BCUT2D eigenvalue weighted by Gasteiger charge is 2.44. The Morgan fingerprint density at radius 1 is 1.11 bits per heavy atom. The maximum atomic E-state index is 9.87. The van der Waals surface area contributed by atoms with Gasteiger partial charge in [-0.1, -0.05) is 38.5 Å². The SMILES string of the molecule is O[C@H]1[C@@H](O)[C@@H](Oc2ccc(Br)cc2)O[C@@H](CI)[C@H]1O. The summed E-state index contributed by atoms with van der Waals surface area (Å²) >= 11 is 5.36. The zero-order chi connectivity index (χ0) is 14.0. The summed E-state index contributed by atoms with van der Waals surface area (Å²) < 4.78 is 12.4. The topological polar surface area (TPSA) is 79.2 Å². The number of benzene rings is 1. The van der Waals surface area contributed by atoms with Crippen molar-refractivity contribution in [1.29, 1.82) is 0 Å². The summed E-state index contributed by atoms with van der Waals surface area (Å²) in [6.07, 6.45) is -5.26. The molecule has 1 aliphatic heterocycles. The smallest absolute Gasteiger partial charge is 0.229 e. The van der Waals surface area contributed by atoms with Crippen molar-refractivity contribution in [3.63, 3.8) is 0 Å². The Morgan fingerprint density at radius 3 is 2.32 bits per heavy atom. The van der Waals surface area contributed by atoms with Gasteiger partial charge in [0.05, 0.1) is 6.10 Å². The van der Waals surface area contributed by atoms with Crippen LogP contribution in [-0.2, 0) is 4.74 Å². The summed E-state index contributed by atoms with van der Waals surface area (Å²) in [6.45, 7) is 0. The van der Waals surface area contributed by atoms with E-state index in [1.165, 1.54) is 0 Å². The minimum Gasteiger partial charge on any atom is -0.462 e. The Morgan fingerprint density at radius 2 is 1.74 bits per heavy atom. The Labute approximate surface area is 132 Å². The molecule has 1 aromatic rings. The molecule has 0 spiro atoms. The minimum atomic E-state index is -1.29. The van der Waals surface area contributed by atoms with Crippen molar-refractivity contribution in [3.05, 3.63) is 28.7 Å². The fraction of sp³-hybridized carbons (Fsp3) is 0.500. The van der Waals surface area contributed by atoms with Crippen molar-refractivity contribution in [2.24, 2.45) is 0 Å². The summed E-state index contributed by atoms with van der Waals surface area (Å²) in [5.41, 5.74) is 0. The van der Waals surface area contributed by atoms with Gasteiger partial charge in [0, 0.05) is 8.90 Å². The maximum absolute atomic E-state index is 9.87. The molecule has 0 aromatic heterocycles. The fourth-order valence-corrected chi connectivity index (χ4v) is 2.78. The lowest BCUT2D eigenvalue weighted by Gasteiger charge is -2.39. The molecule has 0 amide bonds. The van der Waals surface area contributed by atoms with E-state index in [0.29, 0.717) is 10.2 Å². The minimum absolute atomic E-state index is 0.489. The van der Waals surface area contributed by atoms with Crippen molar-refractivity contribution in [1.82, 2.24) is 0 Å². The van der Waals surface area contributed by atoms with Crippen LogP contribution in [0.3, 0.4) is 0 Å². The normalized spacial score (nSPS) is 35.1. The molecule has 1 heterocycles. The van der Waals surface area contributed by atoms with Gasteiger partial charge in [-0.2, -0.15) is 0 Å². The summed E-state index contributed by atoms with van der Waals surface area (Å²) in [7, 11) is 0. The van der Waals surface area contributed by atoms with Crippen molar-refractivity contribution < 1.29 is 24.8 Å². The van der Waals surface area contributed by atoms with Crippen LogP contribution in [0.5, 0.6) is 5.75 Å². The number of rotatable bonds is 3. The first-order valence-electron chi connectivity index (χ1n) is 5.71. The average molecular weight is 445 g/mol. The molecule has 5 nitrogen and oxygen atoms in total. The zero-order valence-electron chi connectivity index (χ0n) is 9.82. The third kappa shape index (κ3) is 3.59. The van der Waals surface area contributed by atoms with E-state index in [1.54, 1.807) is 24.3 Å². The van der Waals surface area contributed by atoms with Gasteiger partial charge in [0.25, 0.3) is 0 Å². The number of aliphatic hydroxyl groups excluding tert-OH is 3. The highest BCUT2D eigenvalue weighted by molar-refractivity contribution is 14.1. The van der Waals surface area contributed by atoms with Crippen LogP contribution in [0.2, 0.25) is 0 Å². The fourth-order valence-electron chi connectivity index (χ4n) is 1.79. The lowest BCUT2D eigenvalue weighted by Crippen LogP contribution is -2.59. The molecule has 7 heteroatoms. The van der Waals surface area contributed by atoms with Crippen LogP contribution < -0.4 is 4.74 Å². The molecule has 106 valence electrons. The number of hydrogen-bond acceptors (Lipinski definition) is 5. The third-order valence-corrected chi connectivity index (χ3v) is 4.28.